The van der Waals surface area contributed by atoms with E-state index in [1.807, 2.05) is 77.4 Å². The summed E-state index contributed by atoms with van der Waals surface area (Å²) >= 11 is 0. The van der Waals surface area contributed by atoms with Crippen LogP contribution in [0.1, 0.15) is 41.5 Å². The van der Waals surface area contributed by atoms with Crippen molar-refractivity contribution in [3.05, 3.63) is 36.1 Å². The first kappa shape index (κ1) is 21.9. The molecule has 0 rings (SSSR count). The summed E-state index contributed by atoms with van der Waals surface area (Å²) in [5.74, 6) is 0.332. The normalized spacial score (nSPS) is 11.8. The highest BCUT2D eigenvalue weighted by Gasteiger charge is 1.93. The summed E-state index contributed by atoms with van der Waals surface area (Å²) in [4.78, 5) is 4.09. The van der Waals surface area contributed by atoms with Crippen molar-refractivity contribution in [1.82, 2.24) is 5.48 Å². The number of hydrogen-bond acceptors (Lipinski definition) is 3. The number of nitrogens with zero attached hydrogens (tertiary/aromatic N) is 1. The fraction of sp³-hybridized carbons (Fsp3) is 0.500. The molecule has 18 heavy (non-hydrogen) atoms. The van der Waals surface area contributed by atoms with Gasteiger partial charge in [0, 0.05) is 0 Å². The lowest BCUT2D eigenvalue weighted by atomic mass is 10.3. The summed E-state index contributed by atoms with van der Waals surface area (Å²) in [6, 6.07) is 0. The zero-order valence-corrected chi connectivity index (χ0v) is 12.6. The zero-order chi connectivity index (χ0) is 14.8. The van der Waals surface area contributed by atoms with Crippen LogP contribution in [0.5, 0.6) is 0 Å². The quantitative estimate of drug-likeness (QED) is 0.312. The van der Waals surface area contributed by atoms with E-state index >= 15 is 0 Å². The molecule has 0 saturated carbocycles. The highest BCUT2D eigenvalue weighted by atomic mass is 16.5. The zero-order valence-electron chi connectivity index (χ0n) is 12.6. The topological polar surface area (TPSA) is 70.6 Å². The molecular weight excluding hydrogens is 226 g/mol. The van der Waals surface area contributed by atoms with Gasteiger partial charge in [0.25, 0.3) is 0 Å². The molecule has 0 aromatic rings. The fourth-order valence-electron chi connectivity index (χ4n) is 0.768. The van der Waals surface area contributed by atoms with Crippen molar-refractivity contribution in [2.75, 3.05) is 6.54 Å². The van der Waals surface area contributed by atoms with Crippen LogP contribution in [0.15, 0.2) is 41.1 Å². The first-order valence-corrected chi connectivity index (χ1v) is 6.41. The lowest BCUT2D eigenvalue weighted by molar-refractivity contribution is 0.233. The predicted molar refractivity (Wildman–Crippen MR) is 81.8 cm³/mol. The summed E-state index contributed by atoms with van der Waals surface area (Å²) < 4.78 is 0. The Morgan fingerprint density at radius 2 is 1.72 bits per heavy atom. The van der Waals surface area contributed by atoms with Gasteiger partial charge in [-0.2, -0.15) is 0 Å². The monoisotopic (exact) mass is 255 g/mol. The molecule has 0 unspecified atom stereocenters. The molecule has 106 valence electrons. The molecule has 0 aliphatic carbocycles. The second kappa shape index (κ2) is 21.0. The minimum Gasteiger partial charge on any atom is -0.324 e. The molecular formula is C14H29N3O. The van der Waals surface area contributed by atoms with Crippen LogP contribution in [0.4, 0.5) is 0 Å². The lowest BCUT2D eigenvalue weighted by Gasteiger charge is -2.00. The number of allylic oxidation sites excluding steroid dienone is 5. The summed E-state index contributed by atoms with van der Waals surface area (Å²) in [7, 11) is 0. The molecule has 0 aliphatic heterocycles. The maximum atomic E-state index is 8.64. The summed E-state index contributed by atoms with van der Waals surface area (Å²) in [6.45, 7) is 12.0. The second-order valence-electron chi connectivity index (χ2n) is 2.49. The molecule has 0 spiro atoms. The van der Waals surface area contributed by atoms with Crippen LogP contribution in [0.2, 0.25) is 0 Å². The van der Waals surface area contributed by atoms with Gasteiger partial charge in [-0.05, 0) is 26.0 Å². The highest BCUT2D eigenvalue weighted by Crippen LogP contribution is 2.00. The Labute approximate surface area is 112 Å². The number of rotatable bonds is 4. The van der Waals surface area contributed by atoms with Crippen molar-refractivity contribution in [2.24, 2.45) is 10.7 Å². The lowest BCUT2D eigenvalue weighted by Crippen LogP contribution is -2.27. The molecule has 0 fully saturated rings. The van der Waals surface area contributed by atoms with Crippen LogP contribution in [-0.2, 0) is 0 Å². The molecule has 0 aliphatic rings. The second-order valence-corrected chi connectivity index (χ2v) is 2.49. The fourth-order valence-corrected chi connectivity index (χ4v) is 0.768. The maximum absolute atomic E-state index is 8.64. The third-order valence-corrected chi connectivity index (χ3v) is 1.38. The highest BCUT2D eigenvalue weighted by molar-refractivity contribution is 5.84. The van der Waals surface area contributed by atoms with Crippen molar-refractivity contribution in [1.29, 1.82) is 0 Å². The van der Waals surface area contributed by atoms with Gasteiger partial charge in [-0.25, -0.2) is 4.99 Å². The Morgan fingerprint density at radius 3 is 2.06 bits per heavy atom. The number of nitrogens with two attached hydrogens (primary N) is 1. The Morgan fingerprint density at radius 1 is 1.17 bits per heavy atom. The van der Waals surface area contributed by atoms with Crippen LogP contribution in [0.3, 0.4) is 0 Å². The molecule has 0 amide bonds. The number of hydroxylamine groups is 1. The van der Waals surface area contributed by atoms with E-state index in [1.54, 1.807) is 0 Å². The van der Waals surface area contributed by atoms with E-state index in [0.29, 0.717) is 5.84 Å². The summed E-state index contributed by atoms with van der Waals surface area (Å²) in [6.07, 6.45) is 9.28. The molecule has 0 aromatic carbocycles. The van der Waals surface area contributed by atoms with E-state index in [2.05, 4.69) is 4.99 Å². The van der Waals surface area contributed by atoms with Gasteiger partial charge in [0.2, 0.25) is 0 Å². The van der Waals surface area contributed by atoms with Crippen molar-refractivity contribution >= 4 is 5.84 Å². The average Bonchev–Trinajstić information content (AvgIpc) is 2.46. The van der Waals surface area contributed by atoms with Gasteiger partial charge in [-0.15, -0.1) is 0 Å². The van der Waals surface area contributed by atoms with E-state index in [0.717, 1.165) is 5.70 Å². The minimum atomic E-state index is 0.168. The van der Waals surface area contributed by atoms with Crippen LogP contribution < -0.4 is 11.2 Å². The van der Waals surface area contributed by atoms with E-state index in [1.165, 1.54) is 0 Å². The van der Waals surface area contributed by atoms with E-state index < -0.39 is 0 Å². The standard InChI is InChI=1S/C10H17N3O.2C2H6/c1-3-5-7-9(6-4-2)12-10(8-11)13-14;2*1-2/h3-7,14H,8,11H2,1-2H3,(H,12,13);2*1-2H3/b5-3-,6-4-,9-7+;;. The van der Waals surface area contributed by atoms with Crippen molar-refractivity contribution in [3.8, 4) is 0 Å². The smallest absolute Gasteiger partial charge is 0.139 e. The molecule has 4 heteroatoms. The molecule has 0 heterocycles. The average molecular weight is 255 g/mol. The van der Waals surface area contributed by atoms with Crippen molar-refractivity contribution < 1.29 is 5.21 Å². The molecule has 4 N–H and O–H groups in total. The van der Waals surface area contributed by atoms with E-state index in [-0.39, 0.29) is 6.54 Å². The number of hydrogen-bond donors (Lipinski definition) is 3. The Balaban J connectivity index is -0.000000506. The van der Waals surface area contributed by atoms with Crippen LogP contribution in [0.25, 0.3) is 0 Å². The van der Waals surface area contributed by atoms with Gasteiger partial charge in [0.05, 0.1) is 12.2 Å². The number of nitrogens with one attached hydrogen (secondary N) is 1. The Hall–Kier alpha value is -1.39. The molecule has 0 radical (unpaired) electrons. The van der Waals surface area contributed by atoms with E-state index in [9.17, 15) is 0 Å². The van der Waals surface area contributed by atoms with Gasteiger partial charge in [-0.3, -0.25) is 10.7 Å². The van der Waals surface area contributed by atoms with Gasteiger partial charge in [0.15, 0.2) is 0 Å². The third kappa shape index (κ3) is 14.6. The van der Waals surface area contributed by atoms with Gasteiger partial charge in [0.1, 0.15) is 5.84 Å². The molecule has 0 bridgehead atoms. The van der Waals surface area contributed by atoms with E-state index in [4.69, 9.17) is 10.9 Å². The first-order valence-electron chi connectivity index (χ1n) is 6.41. The number of amidine groups is 1. The van der Waals surface area contributed by atoms with Crippen molar-refractivity contribution in [3.63, 3.8) is 0 Å². The first-order chi connectivity index (χ1) is 8.78. The van der Waals surface area contributed by atoms with Gasteiger partial charge < -0.3 is 5.73 Å². The predicted octanol–water partition coefficient (Wildman–Crippen LogP) is 3.41. The minimum absolute atomic E-state index is 0.168. The molecule has 0 aromatic heterocycles. The molecule has 4 nitrogen and oxygen atoms in total. The van der Waals surface area contributed by atoms with Crippen LogP contribution in [0, 0.1) is 0 Å². The Kier molecular flexibility index (Phi) is 25.4. The third-order valence-electron chi connectivity index (χ3n) is 1.38. The summed E-state index contributed by atoms with van der Waals surface area (Å²) in [5.41, 5.74) is 8.01. The Bertz CT molecular complexity index is 260. The van der Waals surface area contributed by atoms with Gasteiger partial charge >= 0.3 is 0 Å². The molecule has 0 atom stereocenters. The molecule has 0 saturated heterocycles. The SMILES string of the molecule is CC.CC.C\C=C/C=C(\C=C/C)N=C(CN)NO. The van der Waals surface area contributed by atoms with Gasteiger partial charge in [-0.1, -0.05) is 45.9 Å². The number of aliphatic imine (C=N–C) groups is 1. The van der Waals surface area contributed by atoms with Crippen LogP contribution in [-0.4, -0.2) is 17.6 Å². The maximum Gasteiger partial charge on any atom is 0.139 e. The van der Waals surface area contributed by atoms with Crippen molar-refractivity contribution in [2.45, 2.75) is 41.5 Å². The van der Waals surface area contributed by atoms with Crippen LogP contribution >= 0.6 is 0 Å². The largest absolute Gasteiger partial charge is 0.324 e. The summed E-state index contributed by atoms with van der Waals surface area (Å²) in [5, 5.41) is 8.64.